The maximum absolute atomic E-state index is 14.6. The number of halogens is 3. The zero-order chi connectivity index (χ0) is 23.9. The van der Waals surface area contributed by atoms with Crippen LogP contribution in [0.4, 0.5) is 4.39 Å². The Labute approximate surface area is 207 Å². The van der Waals surface area contributed by atoms with Crippen molar-refractivity contribution in [3.63, 3.8) is 0 Å². The van der Waals surface area contributed by atoms with Crippen LogP contribution >= 0.6 is 23.2 Å². The van der Waals surface area contributed by atoms with Crippen molar-refractivity contribution in [1.82, 2.24) is 5.16 Å². The minimum atomic E-state index is -1.25. The Kier molecular flexibility index (Phi) is 6.70. The van der Waals surface area contributed by atoms with Crippen LogP contribution in [0.1, 0.15) is 66.9 Å². The molecule has 0 spiro atoms. The van der Waals surface area contributed by atoms with Crippen molar-refractivity contribution in [3.8, 4) is 11.3 Å². The number of rotatable bonds is 7. The first-order valence-corrected chi connectivity index (χ1v) is 12.3. The maximum Gasteiger partial charge on any atom is 0.145 e. The van der Waals surface area contributed by atoms with E-state index < -0.39 is 11.4 Å². The molecule has 0 bridgehead atoms. The minimum Gasteiger partial charge on any atom is -0.392 e. The number of hydrogen-bond donors (Lipinski definition) is 2. The van der Waals surface area contributed by atoms with E-state index in [4.69, 9.17) is 32.5 Å². The summed E-state index contributed by atoms with van der Waals surface area (Å²) in [6.07, 6.45) is 3.96. The molecule has 1 heterocycles. The summed E-state index contributed by atoms with van der Waals surface area (Å²) in [6.45, 7) is 0.0630. The summed E-state index contributed by atoms with van der Waals surface area (Å²) in [7, 11) is 0. The van der Waals surface area contributed by atoms with Gasteiger partial charge in [-0.2, -0.15) is 0 Å². The van der Waals surface area contributed by atoms with Crippen LogP contribution in [0, 0.1) is 5.82 Å². The van der Waals surface area contributed by atoms with Gasteiger partial charge in [-0.15, -0.1) is 0 Å². The monoisotopic (exact) mass is 505 g/mol. The van der Waals surface area contributed by atoms with Crippen LogP contribution in [0.3, 0.4) is 0 Å². The summed E-state index contributed by atoms with van der Waals surface area (Å²) in [5, 5.41) is 25.6. The smallest absolute Gasteiger partial charge is 0.145 e. The maximum atomic E-state index is 14.6. The third-order valence-corrected chi connectivity index (χ3v) is 7.54. The van der Waals surface area contributed by atoms with E-state index in [1.165, 1.54) is 6.07 Å². The first-order valence-electron chi connectivity index (χ1n) is 11.6. The minimum absolute atomic E-state index is 0.0865. The van der Waals surface area contributed by atoms with E-state index in [2.05, 4.69) is 5.16 Å². The number of aliphatic hydroxyl groups is 2. The lowest BCUT2D eigenvalue weighted by Gasteiger charge is -2.36. The summed E-state index contributed by atoms with van der Waals surface area (Å²) in [4.78, 5) is 0. The quantitative estimate of drug-likeness (QED) is 0.383. The van der Waals surface area contributed by atoms with Crippen molar-refractivity contribution < 1.29 is 23.9 Å². The van der Waals surface area contributed by atoms with E-state index in [9.17, 15) is 14.6 Å². The molecule has 0 unspecified atom stereocenters. The summed E-state index contributed by atoms with van der Waals surface area (Å²) >= 11 is 12.9. The van der Waals surface area contributed by atoms with Gasteiger partial charge in [-0.3, -0.25) is 0 Å². The van der Waals surface area contributed by atoms with E-state index in [1.54, 1.807) is 30.3 Å². The van der Waals surface area contributed by atoms with E-state index in [1.807, 2.05) is 0 Å². The fourth-order valence-electron chi connectivity index (χ4n) is 4.79. The van der Waals surface area contributed by atoms with Gasteiger partial charge in [0.2, 0.25) is 0 Å². The average Bonchev–Trinajstić information content (AvgIpc) is 3.59. The lowest BCUT2D eigenvalue weighted by molar-refractivity contribution is -0.0656. The molecule has 5 rings (SSSR count). The molecule has 0 aliphatic heterocycles. The van der Waals surface area contributed by atoms with Gasteiger partial charge >= 0.3 is 0 Å². The molecule has 2 saturated carbocycles. The molecule has 2 fully saturated rings. The topological polar surface area (TPSA) is 75.7 Å². The van der Waals surface area contributed by atoms with Crippen molar-refractivity contribution in [1.29, 1.82) is 0 Å². The highest BCUT2D eigenvalue weighted by Crippen LogP contribution is 2.46. The van der Waals surface area contributed by atoms with Gasteiger partial charge in [-0.25, -0.2) is 4.39 Å². The molecule has 0 radical (unpaired) electrons. The molecule has 2 N–H and O–H groups in total. The first-order chi connectivity index (χ1) is 16.4. The van der Waals surface area contributed by atoms with Crippen LogP contribution in [0.2, 0.25) is 10.0 Å². The van der Waals surface area contributed by atoms with Gasteiger partial charge in [0.1, 0.15) is 17.3 Å². The van der Waals surface area contributed by atoms with Crippen molar-refractivity contribution >= 4 is 23.2 Å². The van der Waals surface area contributed by atoms with Crippen molar-refractivity contribution in [2.45, 2.75) is 69.4 Å². The Balaban J connectivity index is 1.30. The largest absolute Gasteiger partial charge is 0.392 e. The molecule has 1 aromatic heterocycles. The summed E-state index contributed by atoms with van der Waals surface area (Å²) in [5.74, 6) is 0.667. The first kappa shape index (κ1) is 23.8. The van der Waals surface area contributed by atoms with Crippen LogP contribution in [-0.2, 0) is 23.6 Å². The predicted octanol–water partition coefficient (Wildman–Crippen LogP) is 6.50. The van der Waals surface area contributed by atoms with Crippen molar-refractivity contribution in [2.24, 2.45) is 0 Å². The van der Waals surface area contributed by atoms with Crippen LogP contribution in [-0.4, -0.2) is 21.5 Å². The third kappa shape index (κ3) is 4.62. The Morgan fingerprint density at radius 2 is 1.79 bits per heavy atom. The molecule has 5 nitrogen and oxygen atoms in total. The molecule has 0 amide bonds. The second kappa shape index (κ2) is 9.59. The van der Waals surface area contributed by atoms with E-state index in [0.29, 0.717) is 65.1 Å². The molecule has 0 atom stereocenters. The summed E-state index contributed by atoms with van der Waals surface area (Å²) in [5.41, 5.74) is 1.62. The SMILES string of the molecule is OCc1ccc([C@]2(O)CC[C@H](OCc3c(-c4c(Cl)cccc4Cl)noc3C3CC3)CC2)c(F)c1. The lowest BCUT2D eigenvalue weighted by Crippen LogP contribution is -2.35. The Hall–Kier alpha value is -1.96. The number of aromatic nitrogens is 1. The average molecular weight is 506 g/mol. The number of hydrogen-bond acceptors (Lipinski definition) is 5. The molecule has 180 valence electrons. The van der Waals surface area contributed by atoms with Crippen molar-refractivity contribution in [2.75, 3.05) is 0 Å². The van der Waals surface area contributed by atoms with Crippen LogP contribution in [0.15, 0.2) is 40.9 Å². The van der Waals surface area contributed by atoms with Gasteiger partial charge in [0, 0.05) is 22.6 Å². The summed E-state index contributed by atoms with van der Waals surface area (Å²) in [6, 6.07) is 9.82. The third-order valence-electron chi connectivity index (χ3n) is 6.91. The second-order valence-corrected chi connectivity index (χ2v) is 10.1. The normalized spacial score (nSPS) is 22.8. The lowest BCUT2D eigenvalue weighted by atomic mass is 9.78. The molecule has 3 aromatic rings. The number of benzene rings is 2. The van der Waals surface area contributed by atoms with Gasteiger partial charge in [0.05, 0.1) is 35.0 Å². The van der Waals surface area contributed by atoms with Crippen LogP contribution in [0.25, 0.3) is 11.3 Å². The molecule has 2 aliphatic carbocycles. The fraction of sp³-hybridized carbons (Fsp3) is 0.423. The van der Waals surface area contributed by atoms with Crippen molar-refractivity contribution in [3.05, 3.63) is 74.7 Å². The molecule has 2 aromatic carbocycles. The Morgan fingerprint density at radius 1 is 1.09 bits per heavy atom. The zero-order valence-electron chi connectivity index (χ0n) is 18.6. The zero-order valence-corrected chi connectivity index (χ0v) is 20.1. The second-order valence-electron chi connectivity index (χ2n) is 9.26. The van der Waals surface area contributed by atoms with Gasteiger partial charge in [-0.1, -0.05) is 46.6 Å². The molecular weight excluding hydrogens is 480 g/mol. The highest BCUT2D eigenvalue weighted by atomic mass is 35.5. The van der Waals surface area contributed by atoms with E-state index in [0.717, 1.165) is 24.2 Å². The standard InChI is InChI=1S/C26H26Cl2FNO4/c27-20-2-1-3-21(28)23(20)24-18(25(34-30-24)16-5-6-16)14-33-17-8-10-26(32,11-9-17)19-7-4-15(13-31)12-22(19)29/h1-4,7,12,16-17,31-32H,5-6,8-11,13-14H2/t17-,26-. The highest BCUT2D eigenvalue weighted by molar-refractivity contribution is 6.39. The number of aliphatic hydroxyl groups excluding tert-OH is 1. The van der Waals surface area contributed by atoms with E-state index in [-0.39, 0.29) is 18.3 Å². The molecule has 2 aliphatic rings. The Morgan fingerprint density at radius 3 is 2.41 bits per heavy atom. The highest BCUT2D eigenvalue weighted by Gasteiger charge is 2.38. The Bertz CT molecular complexity index is 1170. The van der Waals surface area contributed by atoms with E-state index >= 15 is 0 Å². The van der Waals surface area contributed by atoms with Gasteiger partial charge < -0.3 is 19.5 Å². The predicted molar refractivity (Wildman–Crippen MR) is 127 cm³/mol. The molecule has 34 heavy (non-hydrogen) atoms. The van der Waals surface area contributed by atoms with Gasteiger partial charge in [0.15, 0.2) is 0 Å². The van der Waals surface area contributed by atoms with Crippen LogP contribution < -0.4 is 0 Å². The molecule has 8 heteroatoms. The van der Waals surface area contributed by atoms with Crippen LogP contribution in [0.5, 0.6) is 0 Å². The number of ether oxygens (including phenoxy) is 1. The molecule has 0 saturated heterocycles. The molecular formula is C26H26Cl2FNO4. The summed E-state index contributed by atoms with van der Waals surface area (Å²) < 4.78 is 26.5. The number of nitrogens with zero attached hydrogens (tertiary/aromatic N) is 1. The van der Waals surface area contributed by atoms with Gasteiger partial charge in [0.25, 0.3) is 0 Å². The van der Waals surface area contributed by atoms with Gasteiger partial charge in [-0.05, 0) is 62.3 Å². The fourth-order valence-corrected chi connectivity index (χ4v) is 5.37.